The fourth-order valence-electron chi connectivity index (χ4n) is 1.12. The first-order valence-corrected chi connectivity index (χ1v) is 5.51. The number of hydrogen-bond acceptors (Lipinski definition) is 2. The molecular weight excluding hydrogens is 277 g/mol. The number of halogens is 1. The van der Waals surface area contributed by atoms with Crippen molar-refractivity contribution in [1.29, 1.82) is 0 Å². The van der Waals surface area contributed by atoms with E-state index in [1.165, 1.54) is 16.4 Å². The van der Waals surface area contributed by atoms with Gasteiger partial charge in [-0.15, -0.1) is 0 Å². The van der Waals surface area contributed by atoms with Crippen molar-refractivity contribution in [1.82, 2.24) is 0 Å². The van der Waals surface area contributed by atoms with Crippen molar-refractivity contribution in [2.24, 2.45) is 0 Å². The van der Waals surface area contributed by atoms with E-state index in [0.29, 0.717) is 6.10 Å². The van der Waals surface area contributed by atoms with Crippen LogP contribution in [0.4, 0.5) is 5.69 Å². The van der Waals surface area contributed by atoms with Gasteiger partial charge in [-0.05, 0) is 53.6 Å². The van der Waals surface area contributed by atoms with Gasteiger partial charge in [0.15, 0.2) is 0 Å². The average molecular weight is 289 g/mol. The van der Waals surface area contributed by atoms with Crippen molar-refractivity contribution in [3.63, 3.8) is 0 Å². The summed E-state index contributed by atoms with van der Waals surface area (Å²) in [4.78, 5) is 0. The number of rotatable bonds is 3. The molecule has 1 fully saturated rings. The van der Waals surface area contributed by atoms with Crippen LogP contribution in [-0.4, -0.2) is 13.2 Å². The smallest absolute Gasteiger partial charge is 0.133 e. The van der Waals surface area contributed by atoms with Gasteiger partial charge in [-0.2, -0.15) is 0 Å². The van der Waals surface area contributed by atoms with Crippen molar-refractivity contribution in [2.45, 2.75) is 18.9 Å². The Bertz CT molecular complexity index is 310. The Kier molecular flexibility index (Phi) is 2.62. The van der Waals surface area contributed by atoms with Crippen molar-refractivity contribution >= 4 is 28.3 Å². The standard InChI is InChI=1S/C10H12INO/c1-12-7-2-5-10(9(11)6-7)13-8-3-4-8/h2,5-6,8,12H,3-4H2,1H3. The van der Waals surface area contributed by atoms with Crippen LogP contribution in [-0.2, 0) is 0 Å². The summed E-state index contributed by atoms with van der Waals surface area (Å²) in [5.41, 5.74) is 1.13. The van der Waals surface area contributed by atoms with Gasteiger partial charge < -0.3 is 10.1 Å². The van der Waals surface area contributed by atoms with E-state index >= 15 is 0 Å². The molecule has 1 aliphatic rings. The number of ether oxygens (including phenoxy) is 1. The second-order valence-corrected chi connectivity index (χ2v) is 4.37. The zero-order valence-electron chi connectivity index (χ0n) is 7.51. The van der Waals surface area contributed by atoms with Gasteiger partial charge >= 0.3 is 0 Å². The highest BCUT2D eigenvalue weighted by Crippen LogP contribution is 2.31. The largest absolute Gasteiger partial charge is 0.489 e. The van der Waals surface area contributed by atoms with E-state index < -0.39 is 0 Å². The van der Waals surface area contributed by atoms with Gasteiger partial charge in [-0.3, -0.25) is 0 Å². The van der Waals surface area contributed by atoms with E-state index in [0.717, 1.165) is 11.4 Å². The molecule has 0 atom stereocenters. The summed E-state index contributed by atoms with van der Waals surface area (Å²) in [6.07, 6.45) is 2.90. The molecule has 1 N–H and O–H groups in total. The van der Waals surface area contributed by atoms with Crippen LogP contribution in [0.5, 0.6) is 5.75 Å². The lowest BCUT2D eigenvalue weighted by atomic mass is 10.3. The molecule has 70 valence electrons. The van der Waals surface area contributed by atoms with Gasteiger partial charge in [0.05, 0.1) is 9.67 Å². The minimum atomic E-state index is 0.481. The van der Waals surface area contributed by atoms with E-state index in [1.807, 2.05) is 19.2 Å². The highest BCUT2D eigenvalue weighted by Gasteiger charge is 2.24. The second-order valence-electron chi connectivity index (χ2n) is 3.21. The molecule has 0 unspecified atom stereocenters. The van der Waals surface area contributed by atoms with Crippen LogP contribution in [0, 0.1) is 3.57 Å². The fourth-order valence-corrected chi connectivity index (χ4v) is 1.76. The van der Waals surface area contributed by atoms with Gasteiger partial charge in [-0.1, -0.05) is 0 Å². The van der Waals surface area contributed by atoms with Crippen LogP contribution in [0.1, 0.15) is 12.8 Å². The quantitative estimate of drug-likeness (QED) is 0.864. The average Bonchev–Trinajstić information content (AvgIpc) is 2.92. The number of nitrogens with one attached hydrogen (secondary N) is 1. The SMILES string of the molecule is CNc1ccc(OC2CC2)c(I)c1. The first-order chi connectivity index (χ1) is 6.29. The lowest BCUT2D eigenvalue weighted by molar-refractivity contribution is 0.301. The molecule has 3 heteroatoms. The lowest BCUT2D eigenvalue weighted by Gasteiger charge is -2.08. The summed E-state index contributed by atoms with van der Waals surface area (Å²) in [5, 5.41) is 3.10. The van der Waals surface area contributed by atoms with Crippen LogP contribution in [0.3, 0.4) is 0 Å². The third kappa shape index (κ3) is 2.27. The molecule has 2 rings (SSSR count). The predicted octanol–water partition coefficient (Wildman–Crippen LogP) is 2.87. The van der Waals surface area contributed by atoms with E-state index in [4.69, 9.17) is 4.74 Å². The zero-order valence-corrected chi connectivity index (χ0v) is 9.67. The van der Waals surface area contributed by atoms with Gasteiger partial charge in [0, 0.05) is 12.7 Å². The minimum Gasteiger partial charge on any atom is -0.489 e. The number of benzene rings is 1. The normalized spacial score (nSPS) is 15.5. The van der Waals surface area contributed by atoms with Crippen LogP contribution in [0.25, 0.3) is 0 Å². The molecule has 0 aromatic heterocycles. The van der Waals surface area contributed by atoms with Crippen molar-refractivity contribution < 1.29 is 4.74 Å². The summed E-state index contributed by atoms with van der Waals surface area (Å²) in [6, 6.07) is 6.17. The van der Waals surface area contributed by atoms with Crippen LogP contribution in [0.15, 0.2) is 18.2 Å². The van der Waals surface area contributed by atoms with E-state index in [-0.39, 0.29) is 0 Å². The molecule has 1 aromatic carbocycles. The van der Waals surface area contributed by atoms with Crippen molar-refractivity contribution in [3.05, 3.63) is 21.8 Å². The van der Waals surface area contributed by atoms with Crippen LogP contribution >= 0.6 is 22.6 Å². The first kappa shape index (κ1) is 9.12. The summed E-state index contributed by atoms with van der Waals surface area (Å²) in [5.74, 6) is 1.02. The summed E-state index contributed by atoms with van der Waals surface area (Å²) >= 11 is 2.31. The van der Waals surface area contributed by atoms with E-state index in [2.05, 4.69) is 34.0 Å². The lowest BCUT2D eigenvalue weighted by Crippen LogP contribution is -1.98. The minimum absolute atomic E-state index is 0.481. The highest BCUT2D eigenvalue weighted by molar-refractivity contribution is 14.1. The van der Waals surface area contributed by atoms with Crippen molar-refractivity contribution in [3.8, 4) is 5.75 Å². The molecule has 0 amide bonds. The Balaban J connectivity index is 2.15. The highest BCUT2D eigenvalue weighted by atomic mass is 127. The molecule has 2 nitrogen and oxygen atoms in total. The van der Waals surface area contributed by atoms with Gasteiger partial charge in [-0.25, -0.2) is 0 Å². The predicted molar refractivity (Wildman–Crippen MR) is 62.4 cm³/mol. The summed E-state index contributed by atoms with van der Waals surface area (Å²) in [6.45, 7) is 0. The Morgan fingerprint density at radius 3 is 2.77 bits per heavy atom. The summed E-state index contributed by atoms with van der Waals surface area (Å²) in [7, 11) is 1.92. The molecule has 0 radical (unpaired) electrons. The molecule has 0 spiro atoms. The Hall–Kier alpha value is -0.450. The molecule has 1 saturated carbocycles. The van der Waals surface area contributed by atoms with E-state index in [9.17, 15) is 0 Å². The monoisotopic (exact) mass is 289 g/mol. The Labute approximate surface area is 91.8 Å². The zero-order chi connectivity index (χ0) is 9.26. The molecular formula is C10H12INO. The van der Waals surface area contributed by atoms with Gasteiger partial charge in [0.2, 0.25) is 0 Å². The third-order valence-electron chi connectivity index (χ3n) is 2.04. The second kappa shape index (κ2) is 3.74. The van der Waals surface area contributed by atoms with Gasteiger partial charge in [0.1, 0.15) is 5.75 Å². The van der Waals surface area contributed by atoms with Gasteiger partial charge in [0.25, 0.3) is 0 Å². The third-order valence-corrected chi connectivity index (χ3v) is 2.88. The Morgan fingerprint density at radius 1 is 1.46 bits per heavy atom. The maximum atomic E-state index is 5.72. The van der Waals surface area contributed by atoms with Crippen LogP contribution < -0.4 is 10.1 Å². The molecule has 1 aliphatic carbocycles. The van der Waals surface area contributed by atoms with Crippen molar-refractivity contribution in [2.75, 3.05) is 12.4 Å². The maximum absolute atomic E-state index is 5.72. The summed E-state index contributed by atoms with van der Waals surface area (Å²) < 4.78 is 6.90. The molecule has 0 bridgehead atoms. The number of hydrogen-bond donors (Lipinski definition) is 1. The molecule has 0 aliphatic heterocycles. The van der Waals surface area contributed by atoms with E-state index in [1.54, 1.807) is 0 Å². The fraction of sp³-hybridized carbons (Fsp3) is 0.400. The molecule has 1 aromatic rings. The topological polar surface area (TPSA) is 21.3 Å². The Morgan fingerprint density at radius 2 is 2.23 bits per heavy atom. The molecule has 13 heavy (non-hydrogen) atoms. The maximum Gasteiger partial charge on any atom is 0.133 e. The van der Waals surface area contributed by atoms with Crippen LogP contribution in [0.2, 0.25) is 0 Å². The number of anilines is 1. The molecule has 0 saturated heterocycles. The molecule has 0 heterocycles. The first-order valence-electron chi connectivity index (χ1n) is 4.43.